The average Bonchev–Trinajstić information content (AvgIpc) is 2.97. The quantitative estimate of drug-likeness (QED) is 0.717. The molecule has 0 spiro atoms. The number of aryl methyl sites for hydroxylation is 1. The van der Waals surface area contributed by atoms with Gasteiger partial charge in [-0.3, -0.25) is 5.43 Å². The van der Waals surface area contributed by atoms with Gasteiger partial charge in [0, 0.05) is 23.5 Å². The largest absolute Gasteiger partial charge is 0.515 e. The first-order valence-corrected chi connectivity index (χ1v) is 8.51. The van der Waals surface area contributed by atoms with Gasteiger partial charge < -0.3 is 14.0 Å². The number of rotatable bonds is 2. The summed E-state index contributed by atoms with van der Waals surface area (Å²) in [4.78, 5) is 11.8. The number of para-hydroxylation sites is 1. The van der Waals surface area contributed by atoms with Crippen LogP contribution in [0.1, 0.15) is 29.8 Å². The molecule has 2 heterocycles. The lowest BCUT2D eigenvalue weighted by Crippen LogP contribution is -2.30. The lowest BCUT2D eigenvalue weighted by atomic mass is 9.95. The van der Waals surface area contributed by atoms with Gasteiger partial charge in [-0.2, -0.15) is 0 Å². The van der Waals surface area contributed by atoms with Crippen LogP contribution in [0.15, 0.2) is 59.7 Å². The highest BCUT2D eigenvalue weighted by Crippen LogP contribution is 2.36. The van der Waals surface area contributed by atoms with Gasteiger partial charge in [0.1, 0.15) is 5.69 Å². The predicted octanol–water partition coefficient (Wildman–Crippen LogP) is 3.71. The number of hydrogen-bond acceptors (Lipinski definition) is 5. The number of carbonyl (C=O) groups is 1. The first-order valence-electron chi connectivity index (χ1n) is 8.51. The van der Waals surface area contributed by atoms with Crippen LogP contribution in [0.2, 0.25) is 0 Å². The Morgan fingerprint density at radius 1 is 1.15 bits per heavy atom. The number of nitrogens with one attached hydrogen (secondary N) is 1. The Morgan fingerprint density at radius 2 is 1.88 bits per heavy atom. The Labute approximate surface area is 151 Å². The number of nitrogens with zero attached hydrogens (tertiary/aromatic N) is 2. The number of benzene rings is 2. The highest BCUT2D eigenvalue weighted by Gasteiger charge is 2.32. The number of hydrazone groups is 1. The van der Waals surface area contributed by atoms with Crippen LogP contribution >= 0.6 is 0 Å². The fourth-order valence-corrected chi connectivity index (χ4v) is 3.40. The van der Waals surface area contributed by atoms with E-state index >= 15 is 0 Å². The van der Waals surface area contributed by atoms with E-state index in [1.165, 1.54) is 0 Å². The SMILES string of the molecule is CCOC(=O)OC1=NNC(c2ccccc2)c2c1n(C)c1ccccc21. The number of fused-ring (bicyclic) bond motifs is 3. The second kappa shape index (κ2) is 6.55. The molecule has 2 aromatic carbocycles. The van der Waals surface area contributed by atoms with Gasteiger partial charge in [-0.15, -0.1) is 5.10 Å². The fraction of sp³-hybridized carbons (Fsp3) is 0.200. The summed E-state index contributed by atoms with van der Waals surface area (Å²) in [6.45, 7) is 1.98. The van der Waals surface area contributed by atoms with Crippen LogP contribution in [0.3, 0.4) is 0 Å². The van der Waals surface area contributed by atoms with Crippen molar-refractivity contribution < 1.29 is 14.3 Å². The van der Waals surface area contributed by atoms with Gasteiger partial charge in [0.25, 0.3) is 5.90 Å². The molecule has 0 aliphatic carbocycles. The van der Waals surface area contributed by atoms with Crippen LogP contribution in [0.4, 0.5) is 4.79 Å². The van der Waals surface area contributed by atoms with Gasteiger partial charge in [-0.05, 0) is 18.6 Å². The van der Waals surface area contributed by atoms with Crippen molar-refractivity contribution in [3.8, 4) is 0 Å². The maximum absolute atomic E-state index is 11.8. The lowest BCUT2D eigenvalue weighted by Gasteiger charge is -2.24. The predicted molar refractivity (Wildman–Crippen MR) is 99.0 cm³/mol. The second-order valence-corrected chi connectivity index (χ2v) is 6.01. The summed E-state index contributed by atoms with van der Waals surface area (Å²) in [6, 6.07) is 18.0. The van der Waals surface area contributed by atoms with E-state index in [-0.39, 0.29) is 18.5 Å². The minimum Gasteiger partial charge on any atom is -0.434 e. The van der Waals surface area contributed by atoms with E-state index in [2.05, 4.69) is 28.7 Å². The summed E-state index contributed by atoms with van der Waals surface area (Å²) in [5, 5.41) is 5.42. The van der Waals surface area contributed by atoms with Gasteiger partial charge >= 0.3 is 6.16 Å². The summed E-state index contributed by atoms with van der Waals surface area (Å²) in [5.74, 6) is 0.212. The molecule has 0 saturated carbocycles. The summed E-state index contributed by atoms with van der Waals surface area (Å²) in [7, 11) is 1.94. The Balaban J connectivity index is 1.88. The summed E-state index contributed by atoms with van der Waals surface area (Å²) in [5.41, 5.74) is 7.07. The minimum absolute atomic E-state index is 0.133. The third kappa shape index (κ3) is 2.60. The molecule has 132 valence electrons. The zero-order valence-corrected chi connectivity index (χ0v) is 14.6. The zero-order valence-electron chi connectivity index (χ0n) is 14.6. The molecule has 6 nitrogen and oxygen atoms in total. The van der Waals surface area contributed by atoms with E-state index in [1.807, 2.05) is 48.0 Å². The van der Waals surface area contributed by atoms with Gasteiger partial charge in [-0.1, -0.05) is 48.5 Å². The Kier molecular flexibility index (Phi) is 4.08. The van der Waals surface area contributed by atoms with E-state index in [9.17, 15) is 4.79 Å². The molecule has 1 atom stereocenters. The number of carbonyl (C=O) groups excluding carboxylic acids is 1. The van der Waals surface area contributed by atoms with Crippen LogP contribution in [0.25, 0.3) is 10.9 Å². The molecule has 6 heteroatoms. The fourth-order valence-electron chi connectivity index (χ4n) is 3.40. The number of aromatic nitrogens is 1. The van der Waals surface area contributed by atoms with Crippen molar-refractivity contribution in [2.75, 3.05) is 6.61 Å². The monoisotopic (exact) mass is 349 g/mol. The van der Waals surface area contributed by atoms with Gasteiger partial charge in [0.15, 0.2) is 0 Å². The molecule has 0 bridgehead atoms. The van der Waals surface area contributed by atoms with Crippen LogP contribution in [-0.2, 0) is 16.5 Å². The van der Waals surface area contributed by atoms with Gasteiger partial charge in [0.05, 0.1) is 12.6 Å². The minimum atomic E-state index is -0.762. The van der Waals surface area contributed by atoms with Crippen molar-refractivity contribution in [1.82, 2.24) is 9.99 Å². The van der Waals surface area contributed by atoms with E-state index in [0.717, 1.165) is 27.7 Å². The highest BCUT2D eigenvalue weighted by molar-refractivity contribution is 6.05. The third-order valence-electron chi connectivity index (χ3n) is 4.51. The van der Waals surface area contributed by atoms with Crippen molar-refractivity contribution in [2.45, 2.75) is 13.0 Å². The summed E-state index contributed by atoms with van der Waals surface area (Å²) >= 11 is 0. The number of hydrogen-bond donors (Lipinski definition) is 1. The number of ether oxygens (including phenoxy) is 2. The topological polar surface area (TPSA) is 64.8 Å². The first kappa shape index (κ1) is 16.2. The molecule has 0 fully saturated rings. The molecule has 1 aliphatic heterocycles. The molecule has 0 radical (unpaired) electrons. The second-order valence-electron chi connectivity index (χ2n) is 6.01. The van der Waals surface area contributed by atoms with E-state index in [1.54, 1.807) is 6.92 Å². The zero-order chi connectivity index (χ0) is 18.1. The lowest BCUT2D eigenvalue weighted by molar-refractivity contribution is 0.0999. The molecule has 0 saturated heterocycles. The highest BCUT2D eigenvalue weighted by atomic mass is 16.7. The van der Waals surface area contributed by atoms with Crippen LogP contribution in [0, 0.1) is 0 Å². The first-order chi connectivity index (χ1) is 12.7. The van der Waals surface area contributed by atoms with Crippen molar-refractivity contribution in [1.29, 1.82) is 0 Å². The third-order valence-corrected chi connectivity index (χ3v) is 4.51. The smallest absolute Gasteiger partial charge is 0.434 e. The Bertz CT molecular complexity index is 992. The molecule has 1 N–H and O–H groups in total. The molecule has 4 rings (SSSR count). The van der Waals surface area contributed by atoms with E-state index in [0.29, 0.717) is 0 Å². The Morgan fingerprint density at radius 3 is 2.65 bits per heavy atom. The van der Waals surface area contributed by atoms with Crippen molar-refractivity contribution in [3.05, 3.63) is 71.4 Å². The van der Waals surface area contributed by atoms with Crippen LogP contribution < -0.4 is 5.43 Å². The molecule has 0 amide bonds. The molecular formula is C20H19N3O3. The molecule has 1 aromatic heterocycles. The normalized spacial score (nSPS) is 15.8. The van der Waals surface area contributed by atoms with E-state index < -0.39 is 6.16 Å². The van der Waals surface area contributed by atoms with E-state index in [4.69, 9.17) is 9.47 Å². The standard InChI is InChI=1S/C20H19N3O3/c1-3-25-20(24)26-19-18-16(14-11-7-8-12-15(14)23(18)2)17(21-22-19)13-9-5-4-6-10-13/h4-12,17,21H,3H2,1-2H3. The Hall–Kier alpha value is -3.28. The van der Waals surface area contributed by atoms with Crippen molar-refractivity contribution in [2.24, 2.45) is 12.1 Å². The molecule has 3 aromatic rings. The average molecular weight is 349 g/mol. The maximum atomic E-state index is 11.8. The summed E-state index contributed by atoms with van der Waals surface area (Å²) in [6.07, 6.45) is -0.762. The van der Waals surface area contributed by atoms with Crippen molar-refractivity contribution in [3.63, 3.8) is 0 Å². The molecule has 1 aliphatic rings. The van der Waals surface area contributed by atoms with Crippen LogP contribution in [0.5, 0.6) is 0 Å². The van der Waals surface area contributed by atoms with Gasteiger partial charge in [0.2, 0.25) is 0 Å². The summed E-state index contributed by atoms with van der Waals surface area (Å²) < 4.78 is 12.3. The molecule has 1 unspecified atom stereocenters. The van der Waals surface area contributed by atoms with Crippen LogP contribution in [-0.4, -0.2) is 23.2 Å². The van der Waals surface area contributed by atoms with Gasteiger partial charge in [-0.25, -0.2) is 4.79 Å². The maximum Gasteiger partial charge on any atom is 0.515 e. The molecular weight excluding hydrogens is 330 g/mol. The molecule has 26 heavy (non-hydrogen) atoms. The van der Waals surface area contributed by atoms with Crippen molar-refractivity contribution >= 4 is 23.0 Å².